The molecule has 4 heteroatoms. The lowest BCUT2D eigenvalue weighted by Gasteiger charge is -2.19. The molecule has 35 heavy (non-hydrogen) atoms. The van der Waals surface area contributed by atoms with E-state index in [9.17, 15) is 4.79 Å². The Morgan fingerprint density at radius 2 is 1.63 bits per heavy atom. The van der Waals surface area contributed by atoms with Crippen LogP contribution in [-0.4, -0.2) is 19.7 Å². The molecule has 0 aromatic heterocycles. The predicted octanol–water partition coefficient (Wildman–Crippen LogP) is 7.84. The van der Waals surface area contributed by atoms with Crippen LogP contribution in [-0.2, 0) is 16.0 Å². The van der Waals surface area contributed by atoms with Crippen molar-refractivity contribution in [3.05, 3.63) is 96.1 Å². The van der Waals surface area contributed by atoms with Gasteiger partial charge in [-0.15, -0.1) is 0 Å². The highest BCUT2D eigenvalue weighted by Gasteiger charge is 2.18. The van der Waals surface area contributed by atoms with Crippen LogP contribution in [0.2, 0.25) is 0 Å². The van der Waals surface area contributed by atoms with E-state index in [1.54, 1.807) is 20.1 Å². The Morgan fingerprint density at radius 3 is 2.31 bits per heavy atom. The second-order valence-electron chi connectivity index (χ2n) is 8.20. The first-order valence-electron chi connectivity index (χ1n) is 11.9. The number of carbonyl (C=O) groups excluding carboxylic acids is 1. The fourth-order valence-corrected chi connectivity index (χ4v) is 4.15. The van der Waals surface area contributed by atoms with Crippen molar-refractivity contribution in [2.24, 2.45) is 0 Å². The normalized spacial score (nSPS) is 11.1. The number of aryl methyl sites for hydroxylation is 1. The highest BCUT2D eigenvalue weighted by Crippen LogP contribution is 2.43. The molecule has 0 N–H and O–H groups in total. The Labute approximate surface area is 206 Å². The highest BCUT2D eigenvalue weighted by molar-refractivity contribution is 5.98. The monoisotopic (exact) mass is 466 g/mol. The van der Waals surface area contributed by atoms with Gasteiger partial charge in [0.15, 0.2) is 0 Å². The Bertz CT molecular complexity index is 1320. The number of ether oxygens (including phenoxy) is 3. The summed E-state index contributed by atoms with van der Waals surface area (Å²) in [5.74, 6) is 2.02. The standard InChI is InChI=1S/C31H30O4/c1-4-9-24-20-25-21-27(33-3)17-18-28(25)31(30(24)23-10-7-6-8-11-23)35-26-15-12-22(13-16-26)14-19-29(32)34-5-2/h6-8,10-21H,4-5,9H2,1-3H3. The molecule has 0 spiro atoms. The van der Waals surface area contributed by atoms with E-state index in [4.69, 9.17) is 14.2 Å². The summed E-state index contributed by atoms with van der Waals surface area (Å²) >= 11 is 0. The number of fused-ring (bicyclic) bond motifs is 1. The smallest absolute Gasteiger partial charge is 0.330 e. The zero-order valence-electron chi connectivity index (χ0n) is 20.4. The molecule has 0 unspecified atom stereocenters. The van der Waals surface area contributed by atoms with Crippen molar-refractivity contribution in [3.8, 4) is 28.4 Å². The van der Waals surface area contributed by atoms with Crippen molar-refractivity contribution < 1.29 is 19.0 Å². The van der Waals surface area contributed by atoms with E-state index in [2.05, 4.69) is 49.4 Å². The zero-order chi connectivity index (χ0) is 24.6. The molecule has 0 fully saturated rings. The van der Waals surface area contributed by atoms with Gasteiger partial charge in [0.2, 0.25) is 0 Å². The minimum Gasteiger partial charge on any atom is -0.497 e. The Balaban J connectivity index is 1.80. The molecule has 178 valence electrons. The van der Waals surface area contributed by atoms with Crippen molar-refractivity contribution in [2.75, 3.05) is 13.7 Å². The third-order valence-electron chi connectivity index (χ3n) is 5.76. The van der Waals surface area contributed by atoms with Gasteiger partial charge in [0.05, 0.1) is 13.7 Å². The largest absolute Gasteiger partial charge is 0.497 e. The molecule has 0 amide bonds. The van der Waals surface area contributed by atoms with Gasteiger partial charge in [-0.1, -0.05) is 61.9 Å². The fourth-order valence-electron chi connectivity index (χ4n) is 4.15. The summed E-state index contributed by atoms with van der Waals surface area (Å²) in [6.07, 6.45) is 5.13. The average molecular weight is 467 g/mol. The van der Waals surface area contributed by atoms with Crippen LogP contribution < -0.4 is 9.47 Å². The molecule has 0 saturated heterocycles. The molecule has 0 aliphatic carbocycles. The lowest BCUT2D eigenvalue weighted by atomic mass is 9.91. The van der Waals surface area contributed by atoms with Crippen molar-refractivity contribution >= 4 is 22.8 Å². The molecule has 0 aliphatic heterocycles. The Hall–Kier alpha value is -4.05. The van der Waals surface area contributed by atoms with Gasteiger partial charge in [-0.05, 0) is 71.8 Å². The van der Waals surface area contributed by atoms with Crippen molar-refractivity contribution in [3.63, 3.8) is 0 Å². The lowest BCUT2D eigenvalue weighted by molar-refractivity contribution is -0.137. The number of rotatable bonds is 9. The SMILES string of the molecule is CCCc1cc2cc(OC)ccc2c(Oc2ccc(C=CC(=O)OCC)cc2)c1-c1ccccc1. The molecule has 4 aromatic rings. The first kappa shape index (κ1) is 24.1. The number of benzene rings is 4. The second kappa shape index (κ2) is 11.4. The first-order valence-corrected chi connectivity index (χ1v) is 11.9. The lowest BCUT2D eigenvalue weighted by Crippen LogP contribution is -1.98. The molecule has 0 radical (unpaired) electrons. The van der Waals surface area contributed by atoms with Crippen molar-refractivity contribution in [2.45, 2.75) is 26.7 Å². The maximum atomic E-state index is 11.6. The fraction of sp³-hybridized carbons (Fsp3) is 0.194. The average Bonchev–Trinajstić information content (AvgIpc) is 2.89. The summed E-state index contributed by atoms with van der Waals surface area (Å²) < 4.78 is 17.0. The quantitative estimate of drug-likeness (QED) is 0.186. The second-order valence-corrected chi connectivity index (χ2v) is 8.20. The number of hydrogen-bond acceptors (Lipinski definition) is 4. The number of hydrogen-bond donors (Lipinski definition) is 0. The van der Waals surface area contributed by atoms with Crippen LogP contribution in [0, 0.1) is 0 Å². The number of methoxy groups -OCH3 is 1. The third kappa shape index (κ3) is 5.72. The van der Waals surface area contributed by atoms with Crippen LogP contribution in [0.25, 0.3) is 28.0 Å². The van der Waals surface area contributed by atoms with Crippen molar-refractivity contribution in [1.82, 2.24) is 0 Å². The van der Waals surface area contributed by atoms with Crippen LogP contribution in [0.3, 0.4) is 0 Å². The van der Waals surface area contributed by atoms with Crippen LogP contribution in [0.4, 0.5) is 0 Å². The molecule has 0 saturated carbocycles. The van der Waals surface area contributed by atoms with E-state index in [1.165, 1.54) is 11.6 Å². The van der Waals surface area contributed by atoms with Gasteiger partial charge in [-0.2, -0.15) is 0 Å². The Kier molecular flexibility index (Phi) is 7.84. The predicted molar refractivity (Wildman–Crippen MR) is 142 cm³/mol. The van der Waals surface area contributed by atoms with Crippen LogP contribution >= 0.6 is 0 Å². The molecular formula is C31H30O4. The topological polar surface area (TPSA) is 44.8 Å². The number of carbonyl (C=O) groups is 1. The summed E-state index contributed by atoms with van der Waals surface area (Å²) in [7, 11) is 1.68. The molecular weight excluding hydrogens is 436 g/mol. The molecule has 4 nitrogen and oxygen atoms in total. The molecule has 0 bridgehead atoms. The van der Waals surface area contributed by atoms with Crippen LogP contribution in [0.1, 0.15) is 31.4 Å². The molecule has 0 aliphatic rings. The van der Waals surface area contributed by atoms with E-state index in [1.807, 2.05) is 36.4 Å². The molecule has 4 rings (SSSR count). The van der Waals surface area contributed by atoms with Gasteiger partial charge in [0, 0.05) is 17.0 Å². The van der Waals surface area contributed by atoms with E-state index >= 15 is 0 Å². The summed E-state index contributed by atoms with van der Waals surface area (Å²) in [5, 5.41) is 2.10. The summed E-state index contributed by atoms with van der Waals surface area (Å²) in [5.41, 5.74) is 4.36. The molecule has 0 heterocycles. The van der Waals surface area contributed by atoms with E-state index < -0.39 is 0 Å². The van der Waals surface area contributed by atoms with Crippen LogP contribution in [0.5, 0.6) is 17.2 Å². The van der Waals surface area contributed by atoms with Gasteiger partial charge < -0.3 is 14.2 Å². The Morgan fingerprint density at radius 1 is 0.886 bits per heavy atom. The first-order chi connectivity index (χ1) is 17.1. The summed E-state index contributed by atoms with van der Waals surface area (Å²) in [6, 6.07) is 26.4. The van der Waals surface area contributed by atoms with E-state index in [0.717, 1.165) is 57.6 Å². The summed E-state index contributed by atoms with van der Waals surface area (Å²) in [6.45, 7) is 4.33. The van der Waals surface area contributed by atoms with Gasteiger partial charge >= 0.3 is 5.97 Å². The van der Waals surface area contributed by atoms with E-state index in [-0.39, 0.29) is 5.97 Å². The summed E-state index contributed by atoms with van der Waals surface area (Å²) in [4.78, 5) is 11.6. The van der Waals surface area contributed by atoms with E-state index in [0.29, 0.717) is 6.61 Å². The highest BCUT2D eigenvalue weighted by atomic mass is 16.5. The molecule has 4 aromatic carbocycles. The molecule has 0 atom stereocenters. The third-order valence-corrected chi connectivity index (χ3v) is 5.76. The van der Waals surface area contributed by atoms with Gasteiger partial charge in [0.1, 0.15) is 17.2 Å². The zero-order valence-corrected chi connectivity index (χ0v) is 20.4. The minimum absolute atomic E-state index is 0.352. The maximum Gasteiger partial charge on any atom is 0.330 e. The van der Waals surface area contributed by atoms with Gasteiger partial charge in [-0.25, -0.2) is 4.79 Å². The minimum atomic E-state index is -0.352. The maximum absolute atomic E-state index is 11.6. The van der Waals surface area contributed by atoms with Crippen LogP contribution in [0.15, 0.2) is 84.9 Å². The van der Waals surface area contributed by atoms with Gasteiger partial charge in [-0.3, -0.25) is 0 Å². The van der Waals surface area contributed by atoms with Crippen molar-refractivity contribution in [1.29, 1.82) is 0 Å². The van der Waals surface area contributed by atoms with Gasteiger partial charge in [0.25, 0.3) is 0 Å². The number of esters is 1.